The van der Waals surface area contributed by atoms with Gasteiger partial charge in [-0.05, 0) is 47.6 Å². The summed E-state index contributed by atoms with van der Waals surface area (Å²) in [7, 11) is 2.94. The van der Waals surface area contributed by atoms with Gasteiger partial charge >= 0.3 is 5.97 Å². The molecule has 0 heterocycles. The zero-order valence-electron chi connectivity index (χ0n) is 21.7. The molecule has 2 amide bonds. The molecular formula is C26H42N2O5S. The van der Waals surface area contributed by atoms with E-state index in [9.17, 15) is 14.4 Å². The van der Waals surface area contributed by atoms with Crippen LogP contribution in [0.4, 0.5) is 0 Å². The highest BCUT2D eigenvalue weighted by molar-refractivity contribution is 7.99. The van der Waals surface area contributed by atoms with Crippen molar-refractivity contribution in [1.82, 2.24) is 10.6 Å². The van der Waals surface area contributed by atoms with Gasteiger partial charge in [0, 0.05) is 18.7 Å². The van der Waals surface area contributed by atoms with Crippen molar-refractivity contribution in [2.24, 2.45) is 11.3 Å². The van der Waals surface area contributed by atoms with E-state index in [0.717, 1.165) is 29.9 Å². The van der Waals surface area contributed by atoms with Crippen molar-refractivity contribution in [2.75, 3.05) is 32.3 Å². The number of nitrogens with one attached hydrogen (secondary N) is 2. The van der Waals surface area contributed by atoms with Gasteiger partial charge in [-0.15, -0.1) is 0 Å². The normalized spacial score (nSPS) is 13.2. The van der Waals surface area contributed by atoms with Crippen LogP contribution < -0.4 is 15.4 Å². The molecule has 192 valence electrons. The van der Waals surface area contributed by atoms with Crippen LogP contribution in [0.2, 0.25) is 0 Å². The Morgan fingerprint density at radius 1 is 1.06 bits per heavy atom. The fourth-order valence-corrected chi connectivity index (χ4v) is 4.42. The van der Waals surface area contributed by atoms with E-state index in [1.807, 2.05) is 45.0 Å². The Hall–Kier alpha value is -2.22. The first-order valence-electron chi connectivity index (χ1n) is 11.8. The molecule has 0 unspecified atom stereocenters. The smallest absolute Gasteiger partial charge is 0.329 e. The molecule has 0 fully saturated rings. The molecule has 0 saturated carbocycles. The summed E-state index contributed by atoms with van der Waals surface area (Å²) in [6.45, 7) is 10.7. The predicted molar refractivity (Wildman–Crippen MR) is 138 cm³/mol. The van der Waals surface area contributed by atoms with Crippen LogP contribution in [-0.4, -0.2) is 56.1 Å². The topological polar surface area (TPSA) is 93.7 Å². The van der Waals surface area contributed by atoms with E-state index >= 15 is 0 Å². The molecule has 1 aromatic rings. The molecule has 8 heteroatoms. The van der Waals surface area contributed by atoms with Crippen molar-refractivity contribution < 1.29 is 23.9 Å². The number of esters is 1. The summed E-state index contributed by atoms with van der Waals surface area (Å²) >= 11 is 1.56. The Labute approximate surface area is 209 Å². The molecule has 0 aliphatic heterocycles. The molecule has 2 N–H and O–H groups in total. The Morgan fingerprint density at radius 3 is 2.24 bits per heavy atom. The van der Waals surface area contributed by atoms with E-state index in [1.54, 1.807) is 18.9 Å². The molecule has 0 aromatic heterocycles. The standard InChI is InChI=1S/C26H42N2O5S/c1-18(2)15-21(19-9-11-20(32-6)12-10-19)24(30)27-13-8-14-34-17-22(25(31)33-7)28-23(29)16-26(3,4)5/h9-12,18,21-22H,8,13-17H2,1-7H3,(H,27,30)(H,28,29)/t21-,22-/m0/s1. The number of carbonyl (C=O) groups is 3. The second kappa shape index (κ2) is 14.9. The van der Waals surface area contributed by atoms with Crippen molar-refractivity contribution in [3.63, 3.8) is 0 Å². The van der Waals surface area contributed by atoms with Gasteiger partial charge in [-0.3, -0.25) is 9.59 Å². The van der Waals surface area contributed by atoms with Crippen LogP contribution in [0, 0.1) is 11.3 Å². The lowest BCUT2D eigenvalue weighted by atomic mass is 9.89. The molecule has 1 aromatic carbocycles. The van der Waals surface area contributed by atoms with Gasteiger partial charge in [-0.2, -0.15) is 11.8 Å². The maximum atomic E-state index is 12.9. The molecule has 0 saturated heterocycles. The van der Waals surface area contributed by atoms with Gasteiger partial charge < -0.3 is 20.1 Å². The number of hydrogen-bond donors (Lipinski definition) is 2. The molecular weight excluding hydrogens is 452 g/mol. The molecule has 34 heavy (non-hydrogen) atoms. The lowest BCUT2D eigenvalue weighted by Gasteiger charge is -2.21. The number of ether oxygens (including phenoxy) is 2. The number of thioether (sulfide) groups is 1. The average molecular weight is 495 g/mol. The number of hydrogen-bond acceptors (Lipinski definition) is 6. The Balaban J connectivity index is 2.50. The lowest BCUT2D eigenvalue weighted by molar-refractivity contribution is -0.144. The third-order valence-electron chi connectivity index (χ3n) is 5.10. The van der Waals surface area contributed by atoms with Crippen molar-refractivity contribution in [1.29, 1.82) is 0 Å². The predicted octanol–water partition coefficient (Wildman–Crippen LogP) is 4.16. The second-order valence-electron chi connectivity index (χ2n) is 10.1. The van der Waals surface area contributed by atoms with E-state index in [-0.39, 0.29) is 23.1 Å². The van der Waals surface area contributed by atoms with Gasteiger partial charge in [0.1, 0.15) is 11.8 Å². The Kier molecular flexibility index (Phi) is 13.1. The van der Waals surface area contributed by atoms with E-state index in [4.69, 9.17) is 9.47 Å². The first-order valence-corrected chi connectivity index (χ1v) is 13.0. The molecule has 0 bridgehead atoms. The van der Waals surface area contributed by atoms with Gasteiger partial charge in [0.25, 0.3) is 0 Å². The van der Waals surface area contributed by atoms with Gasteiger partial charge in [-0.25, -0.2) is 4.79 Å². The van der Waals surface area contributed by atoms with Crippen molar-refractivity contribution in [3.8, 4) is 5.75 Å². The highest BCUT2D eigenvalue weighted by atomic mass is 32.2. The van der Waals surface area contributed by atoms with Crippen molar-refractivity contribution in [3.05, 3.63) is 29.8 Å². The SMILES string of the molecule is COC(=O)[C@H](CSCCCNC(=O)[C@@H](CC(C)C)c1ccc(OC)cc1)NC(=O)CC(C)(C)C. The van der Waals surface area contributed by atoms with Crippen LogP contribution in [0.15, 0.2) is 24.3 Å². The molecule has 0 radical (unpaired) electrons. The maximum absolute atomic E-state index is 12.9. The number of methoxy groups -OCH3 is 2. The second-order valence-corrected chi connectivity index (χ2v) is 11.2. The van der Waals surface area contributed by atoms with E-state index in [1.165, 1.54) is 7.11 Å². The molecule has 0 spiro atoms. The quantitative estimate of drug-likeness (QED) is 0.298. The van der Waals surface area contributed by atoms with Gasteiger partial charge in [0.2, 0.25) is 11.8 Å². The highest BCUT2D eigenvalue weighted by Crippen LogP contribution is 2.26. The van der Waals surface area contributed by atoms with Crippen LogP contribution in [0.5, 0.6) is 5.75 Å². The van der Waals surface area contributed by atoms with E-state index in [2.05, 4.69) is 24.5 Å². The summed E-state index contributed by atoms with van der Waals surface area (Å²) in [5, 5.41) is 5.83. The van der Waals surface area contributed by atoms with Gasteiger partial charge in [0.05, 0.1) is 20.1 Å². The lowest BCUT2D eigenvalue weighted by Crippen LogP contribution is -2.44. The minimum atomic E-state index is -0.676. The molecule has 0 aliphatic carbocycles. The number of carbonyl (C=O) groups excluding carboxylic acids is 3. The summed E-state index contributed by atoms with van der Waals surface area (Å²) in [6.07, 6.45) is 1.86. The van der Waals surface area contributed by atoms with E-state index < -0.39 is 12.0 Å². The Bertz CT molecular complexity index is 774. The average Bonchev–Trinajstić information content (AvgIpc) is 2.76. The summed E-state index contributed by atoms with van der Waals surface area (Å²) < 4.78 is 10.1. The number of rotatable bonds is 14. The zero-order chi connectivity index (χ0) is 25.7. The monoisotopic (exact) mass is 494 g/mol. The van der Waals surface area contributed by atoms with Crippen LogP contribution in [0.1, 0.15) is 65.4 Å². The molecule has 7 nitrogen and oxygen atoms in total. The minimum Gasteiger partial charge on any atom is -0.497 e. The van der Waals surface area contributed by atoms with Gasteiger partial charge in [0.15, 0.2) is 0 Å². The van der Waals surface area contributed by atoms with Gasteiger partial charge in [-0.1, -0.05) is 46.8 Å². The summed E-state index contributed by atoms with van der Waals surface area (Å²) in [4.78, 5) is 37.1. The first-order chi connectivity index (χ1) is 16.0. The molecule has 1 rings (SSSR count). The van der Waals surface area contributed by atoms with E-state index in [0.29, 0.717) is 24.6 Å². The molecule has 2 atom stereocenters. The minimum absolute atomic E-state index is 0.0192. The summed E-state index contributed by atoms with van der Waals surface area (Å²) in [5.41, 5.74) is 0.823. The Morgan fingerprint density at radius 2 is 1.71 bits per heavy atom. The third-order valence-corrected chi connectivity index (χ3v) is 6.25. The third kappa shape index (κ3) is 11.8. The van der Waals surface area contributed by atoms with Crippen LogP contribution in [0.3, 0.4) is 0 Å². The summed E-state index contributed by atoms with van der Waals surface area (Å²) in [6, 6.07) is 6.98. The highest BCUT2D eigenvalue weighted by Gasteiger charge is 2.24. The number of amides is 2. The van der Waals surface area contributed by atoms with Crippen LogP contribution in [0.25, 0.3) is 0 Å². The van der Waals surface area contributed by atoms with Crippen LogP contribution >= 0.6 is 11.8 Å². The number of benzene rings is 1. The van der Waals surface area contributed by atoms with Crippen molar-refractivity contribution in [2.45, 2.75) is 65.8 Å². The fraction of sp³-hybridized carbons (Fsp3) is 0.654. The fourth-order valence-electron chi connectivity index (χ4n) is 3.45. The van der Waals surface area contributed by atoms with Crippen LogP contribution in [-0.2, 0) is 19.1 Å². The largest absolute Gasteiger partial charge is 0.497 e. The first kappa shape index (κ1) is 29.8. The zero-order valence-corrected chi connectivity index (χ0v) is 22.6. The maximum Gasteiger partial charge on any atom is 0.329 e. The summed E-state index contributed by atoms with van der Waals surface area (Å²) in [5.74, 6) is 1.54. The van der Waals surface area contributed by atoms with Crippen molar-refractivity contribution >= 4 is 29.5 Å². The molecule has 0 aliphatic rings.